The Hall–Kier alpha value is -1.02. The van der Waals surface area contributed by atoms with E-state index in [2.05, 4.69) is 13.8 Å². The van der Waals surface area contributed by atoms with Crippen LogP contribution in [-0.4, -0.2) is 17.3 Å². The Morgan fingerprint density at radius 2 is 1.93 bits per heavy atom. The van der Waals surface area contributed by atoms with Crippen molar-refractivity contribution in [2.24, 2.45) is 0 Å². The predicted octanol–water partition coefficient (Wildman–Crippen LogP) is 3.06. The number of ether oxygens (including phenoxy) is 1. The van der Waals surface area contributed by atoms with Crippen molar-refractivity contribution in [2.45, 2.75) is 44.8 Å². The van der Waals surface area contributed by atoms with Gasteiger partial charge >= 0.3 is 0 Å². The highest BCUT2D eigenvalue weighted by Gasteiger charge is 2.37. The van der Waals surface area contributed by atoms with Crippen LogP contribution in [0.5, 0.6) is 5.75 Å². The lowest BCUT2D eigenvalue weighted by Gasteiger charge is -2.09. The van der Waals surface area contributed by atoms with Crippen molar-refractivity contribution >= 4 is 0 Å². The van der Waals surface area contributed by atoms with Gasteiger partial charge in [-0.3, -0.25) is 0 Å². The normalized spacial score (nSPS) is 26.3. The molecule has 0 radical (unpaired) electrons. The van der Waals surface area contributed by atoms with Gasteiger partial charge < -0.3 is 9.84 Å². The van der Waals surface area contributed by atoms with Crippen molar-refractivity contribution in [3.05, 3.63) is 29.8 Å². The van der Waals surface area contributed by atoms with E-state index < -0.39 is 0 Å². The molecule has 2 rings (SSSR count). The van der Waals surface area contributed by atoms with Gasteiger partial charge in [-0.25, -0.2) is 0 Å². The topological polar surface area (TPSA) is 32.8 Å². The average Bonchev–Trinajstić information content (AvgIpc) is 2.97. The minimum Gasteiger partial charge on any atom is -0.508 e. The number of epoxide rings is 1. The van der Waals surface area contributed by atoms with E-state index in [4.69, 9.17) is 4.74 Å². The Bertz CT molecular complexity index is 318. The van der Waals surface area contributed by atoms with Crippen LogP contribution in [0.25, 0.3) is 0 Å². The SMILES string of the molecule is CCC1OC1CC(C)c1ccc(O)cc1. The fraction of sp³-hybridized carbons (Fsp3) is 0.538. The van der Waals surface area contributed by atoms with Crippen LogP contribution in [-0.2, 0) is 4.74 Å². The molecular formula is C13H18O2. The molecule has 1 saturated heterocycles. The Morgan fingerprint density at radius 3 is 2.47 bits per heavy atom. The molecular weight excluding hydrogens is 188 g/mol. The van der Waals surface area contributed by atoms with Crippen molar-refractivity contribution in [1.29, 1.82) is 0 Å². The van der Waals surface area contributed by atoms with Crippen molar-refractivity contribution in [2.75, 3.05) is 0 Å². The maximum Gasteiger partial charge on any atom is 0.115 e. The monoisotopic (exact) mass is 206 g/mol. The highest BCUT2D eigenvalue weighted by molar-refractivity contribution is 5.28. The molecule has 3 atom stereocenters. The molecule has 3 unspecified atom stereocenters. The maximum absolute atomic E-state index is 9.19. The molecule has 0 aliphatic carbocycles. The zero-order valence-electron chi connectivity index (χ0n) is 9.31. The Morgan fingerprint density at radius 1 is 1.27 bits per heavy atom. The summed E-state index contributed by atoms with van der Waals surface area (Å²) in [5.74, 6) is 0.840. The van der Waals surface area contributed by atoms with Gasteiger partial charge in [0.25, 0.3) is 0 Å². The Labute approximate surface area is 90.9 Å². The number of rotatable bonds is 4. The molecule has 1 aliphatic rings. The van der Waals surface area contributed by atoms with Crippen LogP contribution in [0.1, 0.15) is 38.2 Å². The first-order valence-electron chi connectivity index (χ1n) is 5.65. The van der Waals surface area contributed by atoms with Crippen LogP contribution < -0.4 is 0 Å². The summed E-state index contributed by atoms with van der Waals surface area (Å²) >= 11 is 0. The van der Waals surface area contributed by atoms with E-state index in [1.807, 2.05) is 12.1 Å². The van der Waals surface area contributed by atoms with E-state index in [1.54, 1.807) is 12.1 Å². The predicted molar refractivity (Wildman–Crippen MR) is 60.1 cm³/mol. The fourth-order valence-corrected chi connectivity index (χ4v) is 2.03. The number of phenols is 1. The summed E-state index contributed by atoms with van der Waals surface area (Å²) in [4.78, 5) is 0. The highest BCUT2D eigenvalue weighted by Crippen LogP contribution is 2.34. The van der Waals surface area contributed by atoms with Gasteiger partial charge in [-0.2, -0.15) is 0 Å². The maximum atomic E-state index is 9.19. The second-order valence-corrected chi connectivity index (χ2v) is 4.35. The minimum absolute atomic E-state index is 0.333. The fourth-order valence-electron chi connectivity index (χ4n) is 2.03. The van der Waals surface area contributed by atoms with Crippen LogP contribution in [0, 0.1) is 0 Å². The quantitative estimate of drug-likeness (QED) is 0.768. The zero-order chi connectivity index (χ0) is 10.8. The van der Waals surface area contributed by atoms with E-state index >= 15 is 0 Å². The standard InChI is InChI=1S/C13H18O2/c1-3-12-13(15-12)8-9(2)10-4-6-11(14)7-5-10/h4-7,9,12-14H,3,8H2,1-2H3. The molecule has 1 aliphatic heterocycles. The zero-order valence-corrected chi connectivity index (χ0v) is 9.31. The number of phenolic OH excluding ortho intramolecular Hbond substituents is 1. The first-order valence-corrected chi connectivity index (χ1v) is 5.65. The number of hydrogen-bond donors (Lipinski definition) is 1. The summed E-state index contributed by atoms with van der Waals surface area (Å²) in [5, 5.41) is 9.19. The van der Waals surface area contributed by atoms with Crippen LogP contribution in [0.15, 0.2) is 24.3 Å². The van der Waals surface area contributed by atoms with Crippen molar-refractivity contribution in [3.63, 3.8) is 0 Å². The second-order valence-electron chi connectivity index (χ2n) is 4.35. The van der Waals surface area contributed by atoms with Gasteiger partial charge in [0.05, 0.1) is 12.2 Å². The molecule has 0 bridgehead atoms. The van der Waals surface area contributed by atoms with E-state index in [1.165, 1.54) is 5.56 Å². The Kier molecular flexibility index (Phi) is 2.96. The molecule has 0 spiro atoms. The second kappa shape index (κ2) is 4.23. The summed E-state index contributed by atoms with van der Waals surface area (Å²) in [5.41, 5.74) is 1.28. The van der Waals surface area contributed by atoms with Crippen LogP contribution in [0.2, 0.25) is 0 Å². The van der Waals surface area contributed by atoms with Gasteiger partial charge in [-0.05, 0) is 36.5 Å². The van der Waals surface area contributed by atoms with Gasteiger partial charge in [0, 0.05) is 0 Å². The summed E-state index contributed by atoms with van der Waals surface area (Å²) in [6.45, 7) is 4.37. The van der Waals surface area contributed by atoms with Gasteiger partial charge in [-0.15, -0.1) is 0 Å². The molecule has 2 nitrogen and oxygen atoms in total. The van der Waals surface area contributed by atoms with E-state index in [0.29, 0.717) is 23.9 Å². The van der Waals surface area contributed by atoms with Crippen LogP contribution in [0.4, 0.5) is 0 Å². The molecule has 1 heterocycles. The van der Waals surface area contributed by atoms with E-state index in [-0.39, 0.29) is 0 Å². The van der Waals surface area contributed by atoms with Crippen LogP contribution >= 0.6 is 0 Å². The molecule has 1 aromatic rings. The first-order chi connectivity index (χ1) is 7.20. The highest BCUT2D eigenvalue weighted by atomic mass is 16.6. The molecule has 0 aromatic heterocycles. The molecule has 0 saturated carbocycles. The smallest absolute Gasteiger partial charge is 0.115 e. The van der Waals surface area contributed by atoms with Gasteiger partial charge in [0.1, 0.15) is 5.75 Å². The summed E-state index contributed by atoms with van der Waals surface area (Å²) in [6, 6.07) is 7.47. The molecule has 82 valence electrons. The molecule has 1 fully saturated rings. The third-order valence-electron chi connectivity index (χ3n) is 3.14. The minimum atomic E-state index is 0.333. The third-order valence-corrected chi connectivity index (χ3v) is 3.14. The van der Waals surface area contributed by atoms with Crippen molar-refractivity contribution < 1.29 is 9.84 Å². The molecule has 0 amide bonds. The molecule has 2 heteroatoms. The van der Waals surface area contributed by atoms with Gasteiger partial charge in [0.2, 0.25) is 0 Å². The van der Waals surface area contributed by atoms with Crippen molar-refractivity contribution in [3.8, 4) is 5.75 Å². The van der Waals surface area contributed by atoms with Gasteiger partial charge in [0.15, 0.2) is 0 Å². The largest absolute Gasteiger partial charge is 0.508 e. The average molecular weight is 206 g/mol. The summed E-state index contributed by atoms with van der Waals surface area (Å²) < 4.78 is 5.53. The van der Waals surface area contributed by atoms with Crippen molar-refractivity contribution in [1.82, 2.24) is 0 Å². The lowest BCUT2D eigenvalue weighted by atomic mass is 9.95. The van der Waals surface area contributed by atoms with Crippen LogP contribution in [0.3, 0.4) is 0 Å². The number of benzene rings is 1. The summed E-state index contributed by atoms with van der Waals surface area (Å²) in [6.07, 6.45) is 3.15. The lowest BCUT2D eigenvalue weighted by Crippen LogP contribution is -2.00. The first kappa shape index (κ1) is 10.5. The Balaban J connectivity index is 1.91. The third kappa shape index (κ3) is 2.51. The molecule has 15 heavy (non-hydrogen) atoms. The lowest BCUT2D eigenvalue weighted by molar-refractivity contribution is 0.353. The van der Waals surface area contributed by atoms with Gasteiger partial charge in [-0.1, -0.05) is 26.0 Å². The van der Waals surface area contributed by atoms with E-state index in [0.717, 1.165) is 12.8 Å². The number of hydrogen-bond acceptors (Lipinski definition) is 2. The number of aromatic hydroxyl groups is 1. The van der Waals surface area contributed by atoms with E-state index in [9.17, 15) is 5.11 Å². The molecule has 1 aromatic carbocycles. The molecule has 1 N–H and O–H groups in total. The summed E-state index contributed by atoms with van der Waals surface area (Å²) in [7, 11) is 0.